The topological polar surface area (TPSA) is 69.9 Å². The van der Waals surface area contributed by atoms with E-state index in [1.54, 1.807) is 21.3 Å². The third-order valence-corrected chi connectivity index (χ3v) is 4.96. The third-order valence-electron chi connectivity index (χ3n) is 4.96. The predicted molar refractivity (Wildman–Crippen MR) is 104 cm³/mol. The molecule has 2 aromatic carbocycles. The van der Waals surface area contributed by atoms with E-state index in [1.807, 2.05) is 24.3 Å². The fourth-order valence-electron chi connectivity index (χ4n) is 3.44. The monoisotopic (exact) mass is 381 g/mol. The molecule has 1 aromatic heterocycles. The average molecular weight is 381 g/mol. The zero-order valence-electron chi connectivity index (χ0n) is 16.3. The molecule has 0 bridgehead atoms. The van der Waals surface area contributed by atoms with Crippen molar-refractivity contribution in [2.75, 3.05) is 27.9 Å². The van der Waals surface area contributed by atoms with Gasteiger partial charge in [-0.05, 0) is 53.9 Å². The van der Waals surface area contributed by atoms with Gasteiger partial charge in [-0.25, -0.2) is 0 Å². The van der Waals surface area contributed by atoms with Crippen LogP contribution in [0, 0.1) is 0 Å². The fraction of sp³-hybridized carbons (Fsp3) is 0.333. The van der Waals surface area contributed by atoms with Gasteiger partial charge in [0.1, 0.15) is 5.75 Å². The first-order valence-corrected chi connectivity index (χ1v) is 9.13. The minimum Gasteiger partial charge on any atom is -0.497 e. The van der Waals surface area contributed by atoms with Crippen LogP contribution in [-0.4, -0.2) is 43.0 Å². The van der Waals surface area contributed by atoms with E-state index in [1.165, 1.54) is 11.1 Å². The van der Waals surface area contributed by atoms with Crippen LogP contribution in [0.5, 0.6) is 17.2 Å². The molecule has 0 aliphatic carbocycles. The molecule has 0 atom stereocenters. The Morgan fingerprint density at radius 2 is 1.64 bits per heavy atom. The second kappa shape index (κ2) is 7.90. The molecule has 146 valence electrons. The van der Waals surface area contributed by atoms with Crippen molar-refractivity contribution in [3.05, 3.63) is 53.4 Å². The largest absolute Gasteiger partial charge is 0.497 e. The molecule has 2 heterocycles. The zero-order valence-corrected chi connectivity index (χ0v) is 16.3. The lowest BCUT2D eigenvalue weighted by atomic mass is 9.99. The Morgan fingerprint density at radius 3 is 2.32 bits per heavy atom. The number of hydrogen-bond donors (Lipinski definition) is 0. The summed E-state index contributed by atoms with van der Waals surface area (Å²) in [5, 5.41) is 8.39. The molecule has 0 amide bonds. The Balaban J connectivity index is 1.46. The number of ether oxygens (including phenoxy) is 3. The Bertz CT molecular complexity index is 953. The summed E-state index contributed by atoms with van der Waals surface area (Å²) >= 11 is 0. The van der Waals surface area contributed by atoms with Crippen LogP contribution < -0.4 is 14.2 Å². The molecule has 28 heavy (non-hydrogen) atoms. The van der Waals surface area contributed by atoms with E-state index in [9.17, 15) is 0 Å². The first kappa shape index (κ1) is 18.3. The fourth-order valence-corrected chi connectivity index (χ4v) is 3.44. The molecule has 4 rings (SSSR count). The first-order valence-electron chi connectivity index (χ1n) is 9.13. The molecule has 0 spiro atoms. The van der Waals surface area contributed by atoms with E-state index in [0.717, 1.165) is 42.3 Å². The molecule has 1 aliphatic heterocycles. The standard InChI is InChI=1S/C21H23N3O4/c1-25-17-6-4-14(5-7-17)21-23-22-20(28-21)13-24-9-8-15-10-18(26-2)19(27-3)11-16(15)12-24/h4-7,10-11H,8-9,12-13H2,1-3H3. The first-order chi connectivity index (χ1) is 13.7. The van der Waals surface area contributed by atoms with Crippen molar-refractivity contribution in [2.45, 2.75) is 19.5 Å². The van der Waals surface area contributed by atoms with E-state index < -0.39 is 0 Å². The summed E-state index contributed by atoms with van der Waals surface area (Å²) in [4.78, 5) is 2.29. The van der Waals surface area contributed by atoms with Crippen molar-refractivity contribution in [3.8, 4) is 28.7 Å². The van der Waals surface area contributed by atoms with Crippen molar-refractivity contribution in [1.82, 2.24) is 15.1 Å². The highest BCUT2D eigenvalue weighted by Crippen LogP contribution is 2.33. The summed E-state index contributed by atoms with van der Waals surface area (Å²) in [7, 11) is 4.96. The number of aromatic nitrogens is 2. The number of nitrogens with zero attached hydrogens (tertiary/aromatic N) is 3. The van der Waals surface area contributed by atoms with Gasteiger partial charge in [-0.15, -0.1) is 10.2 Å². The maximum Gasteiger partial charge on any atom is 0.247 e. The molecule has 0 fully saturated rings. The van der Waals surface area contributed by atoms with E-state index >= 15 is 0 Å². The van der Waals surface area contributed by atoms with Gasteiger partial charge in [0.25, 0.3) is 0 Å². The molecule has 0 N–H and O–H groups in total. The Labute approximate surface area is 163 Å². The van der Waals surface area contributed by atoms with Crippen LogP contribution in [0.4, 0.5) is 0 Å². The molecular formula is C21H23N3O4. The van der Waals surface area contributed by atoms with Crippen LogP contribution in [0.3, 0.4) is 0 Å². The summed E-state index contributed by atoms with van der Waals surface area (Å²) in [6, 6.07) is 11.7. The minimum absolute atomic E-state index is 0.515. The van der Waals surface area contributed by atoms with Gasteiger partial charge in [-0.3, -0.25) is 4.90 Å². The molecule has 7 nitrogen and oxygen atoms in total. The van der Waals surface area contributed by atoms with E-state index in [0.29, 0.717) is 18.3 Å². The van der Waals surface area contributed by atoms with Gasteiger partial charge in [-0.1, -0.05) is 0 Å². The van der Waals surface area contributed by atoms with Crippen LogP contribution >= 0.6 is 0 Å². The van der Waals surface area contributed by atoms with Gasteiger partial charge >= 0.3 is 0 Å². The second-order valence-corrected chi connectivity index (χ2v) is 6.67. The van der Waals surface area contributed by atoms with Gasteiger partial charge in [0.2, 0.25) is 11.8 Å². The summed E-state index contributed by atoms with van der Waals surface area (Å²) in [5.41, 5.74) is 3.40. The van der Waals surface area contributed by atoms with Crippen molar-refractivity contribution in [2.24, 2.45) is 0 Å². The van der Waals surface area contributed by atoms with Gasteiger partial charge in [0.05, 0.1) is 27.9 Å². The smallest absolute Gasteiger partial charge is 0.247 e. The zero-order chi connectivity index (χ0) is 19.5. The van der Waals surface area contributed by atoms with Crippen molar-refractivity contribution in [3.63, 3.8) is 0 Å². The normalized spacial score (nSPS) is 13.8. The lowest BCUT2D eigenvalue weighted by molar-refractivity contribution is 0.221. The molecular weight excluding hydrogens is 358 g/mol. The lowest BCUT2D eigenvalue weighted by Gasteiger charge is -2.28. The Morgan fingerprint density at radius 1 is 0.929 bits per heavy atom. The van der Waals surface area contributed by atoms with E-state index in [4.69, 9.17) is 18.6 Å². The van der Waals surface area contributed by atoms with Crippen LogP contribution in [0.15, 0.2) is 40.8 Å². The summed E-state index contributed by atoms with van der Waals surface area (Å²) in [6.07, 6.45) is 0.940. The maximum absolute atomic E-state index is 5.87. The molecule has 0 saturated heterocycles. The van der Waals surface area contributed by atoms with E-state index in [2.05, 4.69) is 27.2 Å². The second-order valence-electron chi connectivity index (χ2n) is 6.67. The van der Waals surface area contributed by atoms with Crippen LogP contribution in [0.1, 0.15) is 17.0 Å². The van der Waals surface area contributed by atoms with Crippen molar-refractivity contribution >= 4 is 0 Å². The van der Waals surface area contributed by atoms with Crippen LogP contribution in [-0.2, 0) is 19.5 Å². The highest BCUT2D eigenvalue weighted by Gasteiger charge is 2.21. The number of fused-ring (bicyclic) bond motifs is 1. The lowest BCUT2D eigenvalue weighted by Crippen LogP contribution is -2.30. The Hall–Kier alpha value is -3.06. The average Bonchev–Trinajstić information content (AvgIpc) is 3.21. The number of methoxy groups -OCH3 is 3. The third kappa shape index (κ3) is 3.66. The van der Waals surface area contributed by atoms with E-state index in [-0.39, 0.29) is 0 Å². The molecule has 3 aromatic rings. The van der Waals surface area contributed by atoms with Crippen molar-refractivity contribution < 1.29 is 18.6 Å². The SMILES string of the molecule is COc1ccc(-c2nnc(CN3CCc4cc(OC)c(OC)cc4C3)o2)cc1. The molecule has 0 unspecified atom stereocenters. The van der Waals surface area contributed by atoms with Crippen molar-refractivity contribution in [1.29, 1.82) is 0 Å². The quantitative estimate of drug-likeness (QED) is 0.649. The highest BCUT2D eigenvalue weighted by molar-refractivity contribution is 5.54. The summed E-state index contributed by atoms with van der Waals surface area (Å²) in [5.74, 6) is 3.44. The number of hydrogen-bond acceptors (Lipinski definition) is 7. The number of benzene rings is 2. The molecule has 0 radical (unpaired) electrons. The van der Waals surface area contributed by atoms with Gasteiger partial charge in [0.15, 0.2) is 11.5 Å². The maximum atomic E-state index is 5.87. The Kier molecular flexibility index (Phi) is 5.16. The molecule has 7 heteroatoms. The summed E-state index contributed by atoms with van der Waals surface area (Å²) in [6.45, 7) is 2.33. The van der Waals surface area contributed by atoms with Gasteiger partial charge < -0.3 is 18.6 Å². The molecule has 0 saturated carbocycles. The van der Waals surface area contributed by atoms with Crippen LogP contribution in [0.25, 0.3) is 11.5 Å². The highest BCUT2D eigenvalue weighted by atomic mass is 16.5. The predicted octanol–water partition coefficient (Wildman–Crippen LogP) is 3.32. The van der Waals surface area contributed by atoms with Crippen LogP contribution in [0.2, 0.25) is 0 Å². The molecule has 1 aliphatic rings. The van der Waals surface area contributed by atoms with Gasteiger partial charge in [0, 0.05) is 18.7 Å². The minimum atomic E-state index is 0.515. The van der Waals surface area contributed by atoms with Gasteiger partial charge in [-0.2, -0.15) is 0 Å². The summed E-state index contributed by atoms with van der Waals surface area (Å²) < 4.78 is 21.9. The number of rotatable bonds is 6.